The van der Waals surface area contributed by atoms with E-state index in [1.165, 1.54) is 4.31 Å². The molecule has 2 heterocycles. The van der Waals surface area contributed by atoms with Crippen molar-refractivity contribution in [3.8, 4) is 5.75 Å². The third-order valence-corrected chi connectivity index (χ3v) is 9.01. The second-order valence-corrected chi connectivity index (χ2v) is 12.0. The van der Waals surface area contributed by atoms with Gasteiger partial charge in [0.15, 0.2) is 0 Å². The van der Waals surface area contributed by atoms with Crippen molar-refractivity contribution in [1.29, 1.82) is 0 Å². The number of carbonyl (C=O) groups is 1. The van der Waals surface area contributed by atoms with E-state index in [-0.39, 0.29) is 32.0 Å². The summed E-state index contributed by atoms with van der Waals surface area (Å²) in [4.78, 5) is 16.7. The number of piperazine rings is 1. The molecule has 0 unspecified atom stereocenters. The Hall–Kier alpha value is -2.27. The maximum Gasteiger partial charge on any atom is 0.246 e. The van der Waals surface area contributed by atoms with Crippen molar-refractivity contribution in [3.05, 3.63) is 59.1 Å². The standard InChI is InChI=1S/C25H30ClF2N3O4S/c1-29-11-13-30(14-12-29)24(32)16-25(18-35-21-6-3-19(26)4-7-21)9-2-10-31(17-25)36(33,34)23-8-5-20(27)15-22(23)28/h3-8,15H,2,9-14,16-18H2,1H3/t25-/m1/s1. The lowest BCUT2D eigenvalue weighted by molar-refractivity contribution is -0.136. The van der Waals surface area contributed by atoms with Crippen LogP contribution in [0, 0.1) is 17.0 Å². The smallest absolute Gasteiger partial charge is 0.246 e. The van der Waals surface area contributed by atoms with Gasteiger partial charge in [-0.05, 0) is 56.3 Å². The molecule has 2 aromatic rings. The Balaban J connectivity index is 1.58. The van der Waals surface area contributed by atoms with E-state index in [1.807, 2.05) is 7.05 Å². The summed E-state index contributed by atoms with van der Waals surface area (Å²) in [7, 11) is -2.25. The van der Waals surface area contributed by atoms with Gasteiger partial charge in [-0.1, -0.05) is 11.6 Å². The molecular formula is C25H30ClF2N3O4S. The summed E-state index contributed by atoms with van der Waals surface area (Å²) < 4.78 is 61.8. The molecule has 0 saturated carbocycles. The molecular weight excluding hydrogens is 512 g/mol. The number of rotatable bonds is 7. The van der Waals surface area contributed by atoms with Crippen LogP contribution in [0.2, 0.25) is 5.02 Å². The van der Waals surface area contributed by atoms with Crippen LogP contribution in [0.15, 0.2) is 47.4 Å². The second kappa shape index (κ2) is 11.0. The van der Waals surface area contributed by atoms with Crippen LogP contribution in [0.1, 0.15) is 19.3 Å². The van der Waals surface area contributed by atoms with E-state index in [2.05, 4.69) is 4.90 Å². The molecule has 1 atom stereocenters. The molecule has 0 spiro atoms. The summed E-state index contributed by atoms with van der Waals surface area (Å²) in [5, 5.41) is 0.554. The summed E-state index contributed by atoms with van der Waals surface area (Å²) in [5.41, 5.74) is -0.818. The van der Waals surface area contributed by atoms with Gasteiger partial charge in [-0.15, -0.1) is 0 Å². The molecule has 0 bridgehead atoms. The van der Waals surface area contributed by atoms with Gasteiger partial charge >= 0.3 is 0 Å². The van der Waals surface area contributed by atoms with Crippen molar-refractivity contribution < 1.29 is 26.7 Å². The molecule has 11 heteroatoms. The Bertz CT molecular complexity index is 1190. The maximum atomic E-state index is 14.4. The van der Waals surface area contributed by atoms with E-state index in [4.69, 9.17) is 16.3 Å². The number of carbonyl (C=O) groups excluding carboxylic acids is 1. The number of amides is 1. The largest absolute Gasteiger partial charge is 0.493 e. The van der Waals surface area contributed by atoms with Crippen molar-refractivity contribution in [2.75, 3.05) is 52.9 Å². The summed E-state index contributed by atoms with van der Waals surface area (Å²) in [6.45, 7) is 3.00. The third kappa shape index (κ3) is 6.16. The van der Waals surface area contributed by atoms with Gasteiger partial charge in [-0.2, -0.15) is 4.31 Å². The lowest BCUT2D eigenvalue weighted by atomic mass is 9.78. The van der Waals surface area contributed by atoms with Crippen LogP contribution < -0.4 is 4.74 Å². The van der Waals surface area contributed by atoms with E-state index < -0.39 is 32.0 Å². The number of halogens is 3. The number of ether oxygens (including phenoxy) is 1. The molecule has 196 valence electrons. The van der Waals surface area contributed by atoms with Gasteiger partial charge in [0, 0.05) is 62.2 Å². The lowest BCUT2D eigenvalue weighted by Gasteiger charge is -2.43. The van der Waals surface area contributed by atoms with Gasteiger partial charge in [0.1, 0.15) is 22.3 Å². The molecule has 2 aliphatic heterocycles. The molecule has 2 fully saturated rings. The molecule has 7 nitrogen and oxygen atoms in total. The minimum absolute atomic E-state index is 0.0147. The maximum absolute atomic E-state index is 14.4. The fourth-order valence-corrected chi connectivity index (χ4v) is 6.52. The highest BCUT2D eigenvalue weighted by atomic mass is 35.5. The topological polar surface area (TPSA) is 70.2 Å². The Kier molecular flexibility index (Phi) is 8.18. The Morgan fingerprint density at radius 1 is 1.06 bits per heavy atom. The van der Waals surface area contributed by atoms with Crippen molar-refractivity contribution in [2.45, 2.75) is 24.2 Å². The van der Waals surface area contributed by atoms with Crippen molar-refractivity contribution in [3.63, 3.8) is 0 Å². The normalized spacial score (nSPS) is 21.9. The molecule has 0 N–H and O–H groups in total. The molecule has 4 rings (SSSR count). The fraction of sp³-hybridized carbons (Fsp3) is 0.480. The van der Waals surface area contributed by atoms with E-state index >= 15 is 0 Å². The molecule has 2 saturated heterocycles. The van der Waals surface area contributed by atoms with Crippen molar-refractivity contribution >= 4 is 27.5 Å². The first kappa shape index (κ1) is 26.8. The molecule has 1 amide bonds. The third-order valence-electron chi connectivity index (χ3n) is 6.88. The number of sulfonamides is 1. The van der Waals surface area contributed by atoms with E-state index in [0.717, 1.165) is 25.2 Å². The molecule has 0 aliphatic carbocycles. The average Bonchev–Trinajstić information content (AvgIpc) is 2.84. The summed E-state index contributed by atoms with van der Waals surface area (Å²) in [6.07, 6.45) is 1.14. The molecule has 36 heavy (non-hydrogen) atoms. The summed E-state index contributed by atoms with van der Waals surface area (Å²) in [5.74, 6) is -1.50. The Morgan fingerprint density at radius 2 is 1.75 bits per heavy atom. The van der Waals surface area contributed by atoms with Gasteiger partial charge < -0.3 is 14.5 Å². The first-order valence-corrected chi connectivity index (χ1v) is 13.7. The predicted molar refractivity (Wildman–Crippen MR) is 132 cm³/mol. The van der Waals surface area contributed by atoms with E-state index in [9.17, 15) is 22.0 Å². The van der Waals surface area contributed by atoms with Gasteiger partial charge in [-0.3, -0.25) is 4.79 Å². The van der Waals surface area contributed by atoms with Gasteiger partial charge in [0.2, 0.25) is 15.9 Å². The van der Waals surface area contributed by atoms with Crippen LogP contribution in [-0.2, 0) is 14.8 Å². The predicted octanol–water partition coefficient (Wildman–Crippen LogP) is 3.63. The molecule has 0 aromatic heterocycles. The van der Waals surface area contributed by atoms with E-state index in [1.54, 1.807) is 29.2 Å². The number of piperidine rings is 1. The van der Waals surface area contributed by atoms with Crippen LogP contribution in [0.3, 0.4) is 0 Å². The van der Waals surface area contributed by atoms with Crippen LogP contribution in [-0.4, -0.2) is 81.4 Å². The van der Waals surface area contributed by atoms with Gasteiger partial charge in [-0.25, -0.2) is 17.2 Å². The zero-order valence-corrected chi connectivity index (χ0v) is 21.7. The number of hydrogen-bond acceptors (Lipinski definition) is 5. The van der Waals surface area contributed by atoms with Crippen molar-refractivity contribution in [1.82, 2.24) is 14.1 Å². The summed E-state index contributed by atoms with van der Waals surface area (Å²) in [6, 6.07) is 9.23. The fourth-order valence-electron chi connectivity index (χ4n) is 4.76. The number of hydrogen-bond donors (Lipinski definition) is 0. The Morgan fingerprint density at radius 3 is 2.42 bits per heavy atom. The lowest BCUT2D eigenvalue weighted by Crippen LogP contribution is -2.53. The monoisotopic (exact) mass is 541 g/mol. The van der Waals surface area contributed by atoms with Crippen LogP contribution in [0.5, 0.6) is 5.75 Å². The zero-order chi connectivity index (χ0) is 25.9. The van der Waals surface area contributed by atoms with E-state index in [0.29, 0.717) is 42.8 Å². The minimum atomic E-state index is -4.25. The second-order valence-electron chi connectivity index (χ2n) is 9.62. The first-order chi connectivity index (χ1) is 17.1. The summed E-state index contributed by atoms with van der Waals surface area (Å²) >= 11 is 5.97. The SMILES string of the molecule is CN1CCN(C(=O)C[C@]2(COc3ccc(Cl)cc3)CCCN(S(=O)(=O)c3ccc(F)cc3F)C2)CC1. The number of benzene rings is 2. The van der Waals surface area contributed by atoms with Crippen LogP contribution in [0.4, 0.5) is 8.78 Å². The first-order valence-electron chi connectivity index (χ1n) is 11.9. The molecule has 2 aromatic carbocycles. The number of nitrogens with zero attached hydrogens (tertiary/aromatic N) is 3. The van der Waals surface area contributed by atoms with Crippen LogP contribution >= 0.6 is 11.6 Å². The highest BCUT2D eigenvalue weighted by Gasteiger charge is 2.43. The van der Waals surface area contributed by atoms with Crippen LogP contribution in [0.25, 0.3) is 0 Å². The average molecular weight is 542 g/mol. The molecule has 2 aliphatic rings. The van der Waals surface area contributed by atoms with Gasteiger partial charge in [0.05, 0.1) is 6.61 Å². The number of likely N-dealkylation sites (N-methyl/N-ethyl adjacent to an activating group) is 1. The highest BCUT2D eigenvalue weighted by Crippen LogP contribution is 2.38. The van der Waals surface area contributed by atoms with Crippen molar-refractivity contribution in [2.24, 2.45) is 5.41 Å². The quantitative estimate of drug-likeness (QED) is 0.535. The molecule has 0 radical (unpaired) electrons. The van der Waals surface area contributed by atoms with Gasteiger partial charge in [0.25, 0.3) is 0 Å². The highest BCUT2D eigenvalue weighted by molar-refractivity contribution is 7.89. The Labute approximate surface area is 215 Å². The minimum Gasteiger partial charge on any atom is -0.493 e. The zero-order valence-electron chi connectivity index (χ0n) is 20.1.